The average molecular weight is 459 g/mol. The lowest BCUT2D eigenvalue weighted by atomic mass is 10.0. The average Bonchev–Trinajstić information content (AvgIpc) is 3.33. The number of hydrogen-bond donors (Lipinski definition) is 2. The molecule has 0 spiro atoms. The summed E-state index contributed by atoms with van der Waals surface area (Å²) in [5.74, 6) is 0.0474. The molecule has 0 saturated carbocycles. The fourth-order valence-corrected chi connectivity index (χ4v) is 3.88. The smallest absolute Gasteiger partial charge is 0.251 e. The number of carbonyl (C=O) groups is 2. The molecule has 0 aliphatic heterocycles. The van der Waals surface area contributed by atoms with Crippen molar-refractivity contribution in [2.45, 2.75) is 13.0 Å². The third kappa shape index (κ3) is 5.42. The van der Waals surface area contributed by atoms with Crippen LogP contribution in [0.25, 0.3) is 21.7 Å². The first-order valence-corrected chi connectivity index (χ1v) is 11.1. The summed E-state index contributed by atoms with van der Waals surface area (Å²) >= 11 is 1.25. The predicted molar refractivity (Wildman–Crippen MR) is 129 cm³/mol. The van der Waals surface area contributed by atoms with Gasteiger partial charge in [0.2, 0.25) is 11.0 Å². The number of nitrogens with one attached hydrogen (secondary N) is 2. The Morgan fingerprint density at radius 3 is 2.15 bits per heavy atom. The van der Waals surface area contributed by atoms with E-state index in [1.807, 2.05) is 66.7 Å². The number of hydrogen-bond acceptors (Lipinski definition) is 6. The molecule has 7 nitrogen and oxygen atoms in total. The van der Waals surface area contributed by atoms with Crippen molar-refractivity contribution in [1.29, 1.82) is 0 Å². The van der Waals surface area contributed by atoms with E-state index in [4.69, 9.17) is 4.74 Å². The van der Waals surface area contributed by atoms with Crippen LogP contribution in [-0.4, -0.2) is 35.2 Å². The zero-order valence-corrected chi connectivity index (χ0v) is 18.9. The van der Waals surface area contributed by atoms with Crippen molar-refractivity contribution >= 4 is 28.3 Å². The minimum atomic E-state index is -0.750. The molecule has 4 rings (SSSR count). The summed E-state index contributed by atoms with van der Waals surface area (Å²) in [5, 5.41) is 14.6. The van der Waals surface area contributed by atoms with Crippen molar-refractivity contribution in [3.63, 3.8) is 0 Å². The monoisotopic (exact) mass is 458 g/mol. The molecule has 0 bridgehead atoms. The predicted octanol–water partition coefficient (Wildman–Crippen LogP) is 4.64. The number of amides is 2. The van der Waals surface area contributed by atoms with E-state index in [1.54, 1.807) is 26.2 Å². The van der Waals surface area contributed by atoms with Crippen molar-refractivity contribution in [3.8, 4) is 27.4 Å². The zero-order valence-electron chi connectivity index (χ0n) is 18.1. The van der Waals surface area contributed by atoms with Crippen LogP contribution in [0.3, 0.4) is 0 Å². The van der Waals surface area contributed by atoms with Gasteiger partial charge in [-0.3, -0.25) is 14.9 Å². The maximum atomic E-state index is 12.6. The van der Waals surface area contributed by atoms with Gasteiger partial charge in [-0.05, 0) is 54.4 Å². The van der Waals surface area contributed by atoms with Crippen LogP contribution >= 0.6 is 11.3 Å². The molecule has 1 heterocycles. The molecule has 0 fully saturated rings. The molecule has 0 radical (unpaired) electrons. The molecule has 33 heavy (non-hydrogen) atoms. The zero-order chi connectivity index (χ0) is 23.2. The second-order valence-electron chi connectivity index (χ2n) is 7.27. The van der Waals surface area contributed by atoms with Crippen molar-refractivity contribution in [3.05, 3.63) is 84.4 Å². The Balaban J connectivity index is 1.34. The van der Waals surface area contributed by atoms with E-state index < -0.39 is 6.04 Å². The van der Waals surface area contributed by atoms with Gasteiger partial charge >= 0.3 is 0 Å². The largest absolute Gasteiger partial charge is 0.497 e. The van der Waals surface area contributed by atoms with Gasteiger partial charge in [-0.2, -0.15) is 0 Å². The van der Waals surface area contributed by atoms with Crippen LogP contribution in [0, 0.1) is 0 Å². The number of anilines is 1. The minimum absolute atomic E-state index is 0.326. The highest BCUT2D eigenvalue weighted by Gasteiger charge is 2.19. The van der Waals surface area contributed by atoms with Crippen LogP contribution in [0.4, 0.5) is 5.13 Å². The van der Waals surface area contributed by atoms with E-state index in [1.165, 1.54) is 11.3 Å². The standard InChI is InChI=1S/C25H22N4O3S/c1-16(26-23(31)19-10-8-18(9-11-19)17-6-4-3-5-7-17)22(30)27-25-29-28-24(33-25)20-12-14-21(32-2)15-13-20/h3-16H,1-2H3,(H,26,31)(H,27,29,30)/t16-/m1/s1. The van der Waals surface area contributed by atoms with Crippen LogP contribution < -0.4 is 15.4 Å². The molecule has 0 aliphatic carbocycles. The molecule has 0 aliphatic rings. The Labute approximate surface area is 195 Å². The highest BCUT2D eigenvalue weighted by Crippen LogP contribution is 2.27. The quantitative estimate of drug-likeness (QED) is 0.421. The maximum Gasteiger partial charge on any atom is 0.251 e. The molecular weight excluding hydrogens is 436 g/mol. The first-order chi connectivity index (χ1) is 16.0. The Morgan fingerprint density at radius 1 is 0.848 bits per heavy atom. The Morgan fingerprint density at radius 2 is 1.48 bits per heavy atom. The van der Waals surface area contributed by atoms with Gasteiger partial charge in [0, 0.05) is 11.1 Å². The van der Waals surface area contributed by atoms with Crippen LogP contribution in [0.2, 0.25) is 0 Å². The van der Waals surface area contributed by atoms with Crippen LogP contribution in [0.5, 0.6) is 5.75 Å². The van der Waals surface area contributed by atoms with Crippen molar-refractivity contribution in [2.24, 2.45) is 0 Å². The molecule has 2 amide bonds. The molecule has 3 aromatic carbocycles. The Kier molecular flexibility index (Phi) is 6.75. The molecule has 2 N–H and O–H groups in total. The molecule has 4 aromatic rings. The van der Waals surface area contributed by atoms with E-state index in [-0.39, 0.29) is 11.8 Å². The van der Waals surface area contributed by atoms with Gasteiger partial charge in [-0.15, -0.1) is 10.2 Å². The first-order valence-electron chi connectivity index (χ1n) is 10.3. The molecule has 8 heteroatoms. The van der Waals surface area contributed by atoms with Gasteiger partial charge < -0.3 is 10.1 Å². The number of nitrogens with zero attached hydrogens (tertiary/aromatic N) is 2. The molecule has 166 valence electrons. The number of methoxy groups -OCH3 is 1. The van der Waals surface area contributed by atoms with Crippen LogP contribution in [-0.2, 0) is 4.79 Å². The molecule has 0 unspecified atom stereocenters. The number of carbonyl (C=O) groups excluding carboxylic acids is 2. The summed E-state index contributed by atoms with van der Waals surface area (Å²) in [7, 11) is 1.60. The topological polar surface area (TPSA) is 93.2 Å². The van der Waals surface area contributed by atoms with E-state index >= 15 is 0 Å². The lowest BCUT2D eigenvalue weighted by molar-refractivity contribution is -0.117. The second kappa shape index (κ2) is 10.1. The third-order valence-corrected chi connectivity index (χ3v) is 5.87. The summed E-state index contributed by atoms with van der Waals surface area (Å²) < 4.78 is 5.15. The lowest BCUT2D eigenvalue weighted by Gasteiger charge is -2.13. The second-order valence-corrected chi connectivity index (χ2v) is 8.25. The van der Waals surface area contributed by atoms with Crippen LogP contribution in [0.15, 0.2) is 78.9 Å². The van der Waals surface area contributed by atoms with E-state index in [9.17, 15) is 9.59 Å². The van der Waals surface area contributed by atoms with Gasteiger partial charge in [-0.1, -0.05) is 53.8 Å². The first kappa shape index (κ1) is 22.2. The SMILES string of the molecule is COc1ccc(-c2nnc(NC(=O)[C@@H](C)NC(=O)c3ccc(-c4ccccc4)cc3)s2)cc1. The molecule has 1 atom stereocenters. The Bertz CT molecular complexity index is 1240. The van der Waals surface area contributed by atoms with Crippen LogP contribution in [0.1, 0.15) is 17.3 Å². The van der Waals surface area contributed by atoms with Gasteiger partial charge in [0.15, 0.2) is 0 Å². The molecule has 0 saturated heterocycles. The summed E-state index contributed by atoms with van der Waals surface area (Å²) in [4.78, 5) is 25.1. The highest BCUT2D eigenvalue weighted by atomic mass is 32.1. The number of rotatable bonds is 7. The van der Waals surface area contributed by atoms with Gasteiger partial charge in [0.1, 0.15) is 16.8 Å². The van der Waals surface area contributed by atoms with Crippen molar-refractivity contribution < 1.29 is 14.3 Å². The Hall–Kier alpha value is -4.04. The summed E-state index contributed by atoms with van der Waals surface area (Å²) in [6.07, 6.45) is 0. The number of ether oxygens (including phenoxy) is 1. The summed E-state index contributed by atoms with van der Waals surface area (Å²) in [6.45, 7) is 1.62. The van der Waals surface area contributed by atoms with Crippen molar-refractivity contribution in [2.75, 3.05) is 12.4 Å². The number of aromatic nitrogens is 2. The van der Waals surface area contributed by atoms with E-state index in [0.717, 1.165) is 22.4 Å². The van der Waals surface area contributed by atoms with E-state index in [0.29, 0.717) is 15.7 Å². The lowest BCUT2D eigenvalue weighted by Crippen LogP contribution is -2.41. The van der Waals surface area contributed by atoms with E-state index in [2.05, 4.69) is 20.8 Å². The molecular formula is C25H22N4O3S. The highest BCUT2D eigenvalue weighted by molar-refractivity contribution is 7.18. The third-order valence-electron chi connectivity index (χ3n) is 4.99. The normalized spacial score (nSPS) is 11.5. The van der Waals surface area contributed by atoms with Gasteiger partial charge in [0.05, 0.1) is 7.11 Å². The summed E-state index contributed by atoms with van der Waals surface area (Å²) in [6, 6.07) is 23.8. The fraction of sp³-hybridized carbons (Fsp3) is 0.120. The minimum Gasteiger partial charge on any atom is -0.497 e. The fourth-order valence-electron chi connectivity index (χ4n) is 3.13. The number of benzene rings is 3. The van der Waals surface area contributed by atoms with Gasteiger partial charge in [-0.25, -0.2) is 0 Å². The summed E-state index contributed by atoms with van der Waals surface area (Å²) in [5.41, 5.74) is 3.44. The van der Waals surface area contributed by atoms with Crippen molar-refractivity contribution in [1.82, 2.24) is 15.5 Å². The molecule has 1 aromatic heterocycles. The van der Waals surface area contributed by atoms with Gasteiger partial charge in [0.25, 0.3) is 5.91 Å². The maximum absolute atomic E-state index is 12.6.